The van der Waals surface area contributed by atoms with Crippen LogP contribution >= 0.6 is 11.3 Å². The van der Waals surface area contributed by atoms with E-state index in [2.05, 4.69) is 14.7 Å². The number of fused-ring (bicyclic) bond motifs is 1. The van der Waals surface area contributed by atoms with Gasteiger partial charge in [-0.15, -0.1) is 11.3 Å². The Morgan fingerprint density at radius 1 is 1.30 bits per heavy atom. The molecule has 0 amide bonds. The predicted octanol–water partition coefficient (Wildman–Crippen LogP) is 2.41. The first-order valence-electron chi connectivity index (χ1n) is 6.03. The molecule has 2 heterocycles. The van der Waals surface area contributed by atoms with Gasteiger partial charge in [-0.2, -0.15) is 0 Å². The van der Waals surface area contributed by atoms with Crippen molar-refractivity contribution in [3.05, 3.63) is 47.1 Å². The smallest absolute Gasteiger partial charge is 0.250 e. The van der Waals surface area contributed by atoms with Gasteiger partial charge in [0.25, 0.3) is 0 Å². The van der Waals surface area contributed by atoms with Crippen LogP contribution in [0.5, 0.6) is 0 Å². The van der Waals surface area contributed by atoms with Gasteiger partial charge in [0.15, 0.2) is 0 Å². The molecule has 5 nitrogen and oxygen atoms in total. The van der Waals surface area contributed by atoms with Crippen molar-refractivity contribution < 1.29 is 8.42 Å². The van der Waals surface area contributed by atoms with Crippen LogP contribution in [0, 0.1) is 6.92 Å². The second-order valence-corrected chi connectivity index (χ2v) is 7.73. The van der Waals surface area contributed by atoms with E-state index < -0.39 is 10.0 Å². The molecule has 0 unspecified atom stereocenters. The minimum absolute atomic E-state index is 0.258. The molecule has 0 aliphatic heterocycles. The zero-order valence-corrected chi connectivity index (χ0v) is 12.4. The normalized spacial score (nSPS) is 12.1. The van der Waals surface area contributed by atoms with Crippen LogP contribution < -0.4 is 4.72 Å². The van der Waals surface area contributed by atoms with Crippen LogP contribution in [0.15, 0.2) is 40.9 Å². The van der Waals surface area contributed by atoms with Gasteiger partial charge in [0.1, 0.15) is 4.21 Å². The number of nitrogens with one attached hydrogen (secondary N) is 2. The zero-order valence-electron chi connectivity index (χ0n) is 10.8. The summed E-state index contributed by atoms with van der Waals surface area (Å²) in [4.78, 5) is 8.11. The fourth-order valence-corrected chi connectivity index (χ4v) is 4.24. The highest BCUT2D eigenvalue weighted by Gasteiger charge is 2.15. The topological polar surface area (TPSA) is 74.8 Å². The molecule has 0 saturated carbocycles. The number of imidazole rings is 1. The van der Waals surface area contributed by atoms with Gasteiger partial charge in [-0.3, -0.25) is 0 Å². The third-order valence-corrected chi connectivity index (χ3v) is 5.83. The number of nitrogens with zero attached hydrogens (tertiary/aromatic N) is 1. The molecule has 0 fully saturated rings. The maximum atomic E-state index is 12.1. The van der Waals surface area contributed by atoms with Gasteiger partial charge >= 0.3 is 0 Å². The van der Waals surface area contributed by atoms with Crippen molar-refractivity contribution in [2.45, 2.75) is 17.7 Å². The predicted molar refractivity (Wildman–Crippen MR) is 79.2 cm³/mol. The van der Waals surface area contributed by atoms with Crippen molar-refractivity contribution in [2.75, 3.05) is 0 Å². The van der Waals surface area contributed by atoms with Gasteiger partial charge in [-0.1, -0.05) is 6.07 Å². The zero-order chi connectivity index (χ0) is 14.2. The summed E-state index contributed by atoms with van der Waals surface area (Å²) in [7, 11) is -3.43. The molecule has 1 aromatic carbocycles. The molecule has 3 rings (SSSR count). The summed E-state index contributed by atoms with van der Waals surface area (Å²) < 4.78 is 27.2. The largest absolute Gasteiger partial charge is 0.345 e. The van der Waals surface area contributed by atoms with Crippen LogP contribution in [-0.2, 0) is 16.6 Å². The third kappa shape index (κ3) is 2.60. The maximum absolute atomic E-state index is 12.1. The standard InChI is InChI=1S/C13H13N3O2S2/c1-9-2-5-13(19-9)20(17,18)16-7-10-3-4-11-12(6-10)15-8-14-11/h2-6,8,16H,7H2,1H3,(H,14,15). The van der Waals surface area contributed by atoms with Crippen LogP contribution in [0.25, 0.3) is 11.0 Å². The van der Waals surface area contributed by atoms with Crippen molar-refractivity contribution in [1.29, 1.82) is 0 Å². The van der Waals surface area contributed by atoms with E-state index in [4.69, 9.17) is 0 Å². The number of H-pyrrole nitrogens is 1. The number of benzene rings is 1. The number of rotatable bonds is 4. The number of sulfonamides is 1. The molecule has 0 radical (unpaired) electrons. The molecule has 7 heteroatoms. The van der Waals surface area contributed by atoms with Gasteiger partial charge in [-0.25, -0.2) is 18.1 Å². The second kappa shape index (κ2) is 5.01. The fourth-order valence-electron chi connectivity index (χ4n) is 1.90. The first kappa shape index (κ1) is 13.3. The molecule has 0 spiro atoms. The molecular weight excluding hydrogens is 294 g/mol. The Labute approximate surface area is 120 Å². The van der Waals surface area contributed by atoms with E-state index in [1.165, 1.54) is 11.3 Å². The Balaban J connectivity index is 1.78. The summed E-state index contributed by atoms with van der Waals surface area (Å²) in [6.45, 7) is 2.14. The van der Waals surface area contributed by atoms with Gasteiger partial charge in [0.2, 0.25) is 10.0 Å². The fraction of sp³-hybridized carbons (Fsp3) is 0.154. The summed E-state index contributed by atoms with van der Waals surface area (Å²) in [5.41, 5.74) is 2.65. The number of thiophene rings is 1. The third-order valence-electron chi connectivity index (χ3n) is 2.93. The molecule has 0 aliphatic rings. The highest BCUT2D eigenvalue weighted by atomic mass is 32.2. The summed E-state index contributed by atoms with van der Waals surface area (Å²) in [6, 6.07) is 9.05. The van der Waals surface area contributed by atoms with Crippen molar-refractivity contribution in [3.8, 4) is 0 Å². The second-order valence-electron chi connectivity index (χ2n) is 4.44. The minimum atomic E-state index is -3.43. The average Bonchev–Trinajstić information content (AvgIpc) is 3.04. The molecule has 104 valence electrons. The number of hydrogen-bond donors (Lipinski definition) is 2. The number of aryl methyl sites for hydroxylation is 1. The lowest BCUT2D eigenvalue weighted by molar-refractivity contribution is 0.583. The van der Waals surface area contributed by atoms with Crippen molar-refractivity contribution in [1.82, 2.24) is 14.7 Å². The molecule has 0 atom stereocenters. The molecule has 0 bridgehead atoms. The molecular formula is C13H13N3O2S2. The molecule has 0 saturated heterocycles. The first-order chi connectivity index (χ1) is 9.54. The van der Waals surface area contributed by atoms with Crippen LogP contribution in [0.1, 0.15) is 10.4 Å². The van der Waals surface area contributed by atoms with E-state index in [1.54, 1.807) is 18.5 Å². The average molecular weight is 307 g/mol. The van der Waals surface area contributed by atoms with Gasteiger partial charge in [0.05, 0.1) is 17.4 Å². The summed E-state index contributed by atoms with van der Waals surface area (Å²) in [5, 5.41) is 0. The lowest BCUT2D eigenvalue weighted by Gasteiger charge is -2.05. The van der Waals surface area contributed by atoms with E-state index in [9.17, 15) is 8.42 Å². The number of aromatic nitrogens is 2. The van der Waals surface area contributed by atoms with Gasteiger partial charge in [0, 0.05) is 11.4 Å². The van der Waals surface area contributed by atoms with Crippen LogP contribution in [0.3, 0.4) is 0 Å². The number of aromatic amines is 1. The van der Waals surface area contributed by atoms with Crippen molar-refractivity contribution in [3.63, 3.8) is 0 Å². The van der Waals surface area contributed by atoms with Crippen molar-refractivity contribution >= 4 is 32.4 Å². The van der Waals surface area contributed by atoms with Gasteiger partial charge < -0.3 is 4.98 Å². The molecule has 3 aromatic rings. The maximum Gasteiger partial charge on any atom is 0.250 e. The molecule has 2 aromatic heterocycles. The van der Waals surface area contributed by atoms with Crippen LogP contribution in [0.2, 0.25) is 0 Å². The van der Waals surface area contributed by atoms with Crippen LogP contribution in [0.4, 0.5) is 0 Å². The summed E-state index contributed by atoms with van der Waals surface area (Å²) in [6.07, 6.45) is 1.62. The van der Waals surface area contributed by atoms with E-state index in [0.717, 1.165) is 21.5 Å². The Morgan fingerprint density at radius 2 is 2.15 bits per heavy atom. The van der Waals surface area contributed by atoms with E-state index in [1.807, 2.05) is 25.1 Å². The van der Waals surface area contributed by atoms with E-state index >= 15 is 0 Å². The molecule has 20 heavy (non-hydrogen) atoms. The minimum Gasteiger partial charge on any atom is -0.345 e. The summed E-state index contributed by atoms with van der Waals surface area (Å²) in [5.74, 6) is 0. The monoisotopic (exact) mass is 307 g/mol. The quantitative estimate of drug-likeness (QED) is 0.777. The Hall–Kier alpha value is -1.70. The van der Waals surface area contributed by atoms with Crippen molar-refractivity contribution in [2.24, 2.45) is 0 Å². The number of hydrogen-bond acceptors (Lipinski definition) is 4. The molecule has 2 N–H and O–H groups in total. The summed E-state index contributed by atoms with van der Waals surface area (Å²) >= 11 is 1.27. The highest BCUT2D eigenvalue weighted by molar-refractivity contribution is 7.91. The lowest BCUT2D eigenvalue weighted by Crippen LogP contribution is -2.22. The van der Waals surface area contributed by atoms with Gasteiger partial charge in [-0.05, 0) is 36.8 Å². The Bertz CT molecular complexity index is 849. The first-order valence-corrected chi connectivity index (χ1v) is 8.33. The lowest BCUT2D eigenvalue weighted by atomic mass is 10.2. The van der Waals surface area contributed by atoms with E-state index in [0.29, 0.717) is 4.21 Å². The SMILES string of the molecule is Cc1ccc(S(=O)(=O)NCc2ccc3nc[nH]c3c2)s1. The molecule has 0 aliphatic carbocycles. The Morgan fingerprint density at radius 3 is 2.90 bits per heavy atom. The van der Waals surface area contributed by atoms with Crippen LogP contribution in [-0.4, -0.2) is 18.4 Å². The highest BCUT2D eigenvalue weighted by Crippen LogP contribution is 2.20. The Kier molecular flexibility index (Phi) is 3.33. The van der Waals surface area contributed by atoms with E-state index in [-0.39, 0.29) is 6.54 Å².